The van der Waals surface area contributed by atoms with Gasteiger partial charge in [0.15, 0.2) is 0 Å². The van der Waals surface area contributed by atoms with Gasteiger partial charge in [0.2, 0.25) is 5.88 Å². The molecule has 0 N–H and O–H groups in total. The summed E-state index contributed by atoms with van der Waals surface area (Å²) in [6, 6.07) is 16.8. The number of carbonyl (C=O) groups is 1. The van der Waals surface area contributed by atoms with Gasteiger partial charge in [0, 0.05) is 23.7 Å². The molecule has 0 bridgehead atoms. The van der Waals surface area contributed by atoms with Crippen molar-refractivity contribution in [3.05, 3.63) is 71.9 Å². The van der Waals surface area contributed by atoms with Crippen molar-refractivity contribution in [3.63, 3.8) is 0 Å². The Labute approximate surface area is 167 Å². The molecule has 0 spiro atoms. The number of nitrogens with zero attached hydrogens (tertiary/aromatic N) is 3. The van der Waals surface area contributed by atoms with Crippen LogP contribution < -0.4 is 9.80 Å². The number of amides is 1. The third kappa shape index (κ3) is 4.44. The molecule has 0 aliphatic carbocycles. The summed E-state index contributed by atoms with van der Waals surface area (Å²) >= 11 is 5.82. The quantitative estimate of drug-likeness (QED) is 0.435. The van der Waals surface area contributed by atoms with Gasteiger partial charge in [-0.2, -0.15) is 5.06 Å². The number of hydrogen-bond donors (Lipinski definition) is 0. The third-order valence-corrected chi connectivity index (χ3v) is 4.34. The second-order valence-corrected chi connectivity index (χ2v) is 6.03. The number of hydroxylamine groups is 1. The number of methoxy groups -OCH3 is 1. The molecule has 0 radical (unpaired) electrons. The van der Waals surface area contributed by atoms with Crippen LogP contribution in [0.1, 0.15) is 11.1 Å². The highest BCUT2D eigenvalue weighted by atomic mass is 35.5. The number of alkyl halides is 1. The number of rotatable bonds is 7. The molecule has 8 heteroatoms. The standard InChI is InChI=1S/C20H20ClN3O4/c1-26-20(25)24(27-2)18-6-4-3-5-16(18)14-28-19-11-12-23(22-19)17-9-7-15(13-21)8-10-17/h3-12H,13-14H2,1-2H3. The summed E-state index contributed by atoms with van der Waals surface area (Å²) < 4.78 is 12.3. The minimum atomic E-state index is -0.625. The van der Waals surface area contributed by atoms with Crippen LogP contribution in [0.4, 0.5) is 10.5 Å². The minimum absolute atomic E-state index is 0.204. The van der Waals surface area contributed by atoms with Gasteiger partial charge < -0.3 is 9.47 Å². The molecule has 0 aliphatic rings. The summed E-state index contributed by atoms with van der Waals surface area (Å²) in [6.45, 7) is 0.204. The lowest BCUT2D eigenvalue weighted by Crippen LogP contribution is -2.30. The predicted octanol–water partition coefficient (Wildman–Crippen LogP) is 4.32. The number of carbonyl (C=O) groups excluding carboxylic acids is 1. The van der Waals surface area contributed by atoms with Crippen LogP contribution in [0.5, 0.6) is 5.88 Å². The van der Waals surface area contributed by atoms with Crippen LogP contribution in [0.2, 0.25) is 0 Å². The van der Waals surface area contributed by atoms with Gasteiger partial charge in [0.05, 0.1) is 25.6 Å². The van der Waals surface area contributed by atoms with E-state index >= 15 is 0 Å². The Kier molecular flexibility index (Phi) is 6.52. The van der Waals surface area contributed by atoms with Crippen LogP contribution in [-0.2, 0) is 22.1 Å². The fourth-order valence-corrected chi connectivity index (χ4v) is 2.78. The summed E-state index contributed by atoms with van der Waals surface area (Å²) in [6.07, 6.45) is 1.19. The maximum absolute atomic E-state index is 11.9. The highest BCUT2D eigenvalue weighted by Crippen LogP contribution is 2.23. The van der Waals surface area contributed by atoms with Crippen molar-refractivity contribution >= 4 is 23.4 Å². The van der Waals surface area contributed by atoms with Crippen LogP contribution in [0.15, 0.2) is 60.8 Å². The molecule has 7 nitrogen and oxygen atoms in total. The monoisotopic (exact) mass is 401 g/mol. The number of ether oxygens (including phenoxy) is 2. The number of hydrogen-bond acceptors (Lipinski definition) is 5. The molecule has 0 unspecified atom stereocenters. The molecule has 3 aromatic rings. The van der Waals surface area contributed by atoms with E-state index < -0.39 is 6.09 Å². The Morgan fingerprint density at radius 3 is 2.54 bits per heavy atom. The molecule has 2 aromatic carbocycles. The van der Waals surface area contributed by atoms with Crippen LogP contribution in [0.3, 0.4) is 0 Å². The van der Waals surface area contributed by atoms with E-state index in [0.29, 0.717) is 17.4 Å². The molecule has 0 aliphatic heterocycles. The van der Waals surface area contributed by atoms with Crippen molar-refractivity contribution in [1.82, 2.24) is 9.78 Å². The zero-order chi connectivity index (χ0) is 19.9. The Morgan fingerprint density at radius 1 is 1.11 bits per heavy atom. The molecule has 0 atom stereocenters. The Hall–Kier alpha value is -3.03. The van der Waals surface area contributed by atoms with Gasteiger partial charge in [-0.25, -0.2) is 9.48 Å². The lowest BCUT2D eigenvalue weighted by Gasteiger charge is -2.20. The Bertz CT molecular complexity index is 927. The fourth-order valence-electron chi connectivity index (χ4n) is 2.60. The summed E-state index contributed by atoms with van der Waals surface area (Å²) in [7, 11) is 2.69. The van der Waals surface area contributed by atoms with Gasteiger partial charge in [0.1, 0.15) is 6.61 Å². The predicted molar refractivity (Wildman–Crippen MR) is 106 cm³/mol. The molecular weight excluding hydrogens is 382 g/mol. The van der Waals surface area contributed by atoms with Gasteiger partial charge in [-0.1, -0.05) is 30.3 Å². The second kappa shape index (κ2) is 9.25. The van der Waals surface area contributed by atoms with Gasteiger partial charge in [-0.3, -0.25) is 4.84 Å². The lowest BCUT2D eigenvalue weighted by atomic mass is 10.2. The molecule has 0 fully saturated rings. The largest absolute Gasteiger partial charge is 0.472 e. The third-order valence-electron chi connectivity index (χ3n) is 4.03. The molecule has 0 saturated heterocycles. The smallest absolute Gasteiger partial charge is 0.438 e. The molecule has 1 aromatic heterocycles. The fraction of sp³-hybridized carbons (Fsp3) is 0.200. The van der Waals surface area contributed by atoms with Crippen molar-refractivity contribution in [2.24, 2.45) is 0 Å². The molecule has 0 saturated carbocycles. The highest BCUT2D eigenvalue weighted by Gasteiger charge is 2.19. The van der Waals surface area contributed by atoms with Gasteiger partial charge in [-0.15, -0.1) is 16.7 Å². The van der Waals surface area contributed by atoms with E-state index in [9.17, 15) is 4.79 Å². The zero-order valence-electron chi connectivity index (χ0n) is 15.5. The topological polar surface area (TPSA) is 65.8 Å². The van der Waals surface area contributed by atoms with E-state index in [-0.39, 0.29) is 6.61 Å². The Balaban J connectivity index is 1.73. The van der Waals surface area contributed by atoms with Gasteiger partial charge in [-0.05, 0) is 23.8 Å². The summed E-state index contributed by atoms with van der Waals surface area (Å²) in [5.41, 5.74) is 3.23. The zero-order valence-corrected chi connectivity index (χ0v) is 16.3. The van der Waals surface area contributed by atoms with Crippen molar-refractivity contribution in [1.29, 1.82) is 0 Å². The Morgan fingerprint density at radius 2 is 1.86 bits per heavy atom. The molecule has 146 valence electrons. The van der Waals surface area contributed by atoms with E-state index in [4.69, 9.17) is 25.9 Å². The second-order valence-electron chi connectivity index (χ2n) is 5.76. The highest BCUT2D eigenvalue weighted by molar-refractivity contribution is 6.17. The van der Waals surface area contributed by atoms with E-state index in [2.05, 4.69) is 5.10 Å². The van der Waals surface area contributed by atoms with Crippen molar-refractivity contribution in [2.75, 3.05) is 19.3 Å². The lowest BCUT2D eigenvalue weighted by molar-refractivity contribution is 0.115. The first-order valence-electron chi connectivity index (χ1n) is 8.50. The molecule has 1 amide bonds. The normalized spacial score (nSPS) is 10.5. The average Bonchev–Trinajstić information content (AvgIpc) is 3.22. The van der Waals surface area contributed by atoms with Gasteiger partial charge >= 0.3 is 6.09 Å². The van der Waals surface area contributed by atoms with Crippen LogP contribution in [-0.4, -0.2) is 30.1 Å². The van der Waals surface area contributed by atoms with Crippen LogP contribution in [0, 0.1) is 0 Å². The van der Waals surface area contributed by atoms with E-state index in [1.54, 1.807) is 22.9 Å². The van der Waals surface area contributed by atoms with Gasteiger partial charge in [0.25, 0.3) is 0 Å². The maximum atomic E-state index is 11.9. The number of para-hydroxylation sites is 1. The van der Waals surface area contributed by atoms with Crippen LogP contribution >= 0.6 is 11.6 Å². The molecule has 3 rings (SSSR count). The summed E-state index contributed by atoms with van der Waals surface area (Å²) in [5, 5.41) is 5.49. The summed E-state index contributed by atoms with van der Waals surface area (Å²) in [4.78, 5) is 17.0. The molecule has 1 heterocycles. The van der Waals surface area contributed by atoms with Crippen LogP contribution in [0.25, 0.3) is 5.69 Å². The van der Waals surface area contributed by atoms with E-state index in [1.807, 2.05) is 42.6 Å². The maximum Gasteiger partial charge on any atom is 0.438 e. The van der Waals surface area contributed by atoms with Crippen molar-refractivity contribution in [2.45, 2.75) is 12.5 Å². The molecule has 28 heavy (non-hydrogen) atoms. The van der Waals surface area contributed by atoms with E-state index in [0.717, 1.165) is 21.9 Å². The first kappa shape index (κ1) is 19.7. The summed E-state index contributed by atoms with van der Waals surface area (Å²) in [5.74, 6) is 0.926. The molecular formula is C20H20ClN3O4. The number of benzene rings is 2. The first-order chi connectivity index (χ1) is 13.7. The number of anilines is 1. The first-order valence-corrected chi connectivity index (χ1v) is 9.03. The van der Waals surface area contributed by atoms with E-state index in [1.165, 1.54) is 14.2 Å². The average molecular weight is 402 g/mol. The minimum Gasteiger partial charge on any atom is -0.472 e. The van der Waals surface area contributed by atoms with Crippen molar-refractivity contribution < 1.29 is 19.1 Å². The SMILES string of the molecule is COC(=O)N(OC)c1ccccc1COc1ccn(-c2ccc(CCl)cc2)n1. The van der Waals surface area contributed by atoms with Crippen molar-refractivity contribution in [3.8, 4) is 11.6 Å². The number of halogens is 1. The number of aromatic nitrogens is 2.